The van der Waals surface area contributed by atoms with Gasteiger partial charge in [0.25, 0.3) is 0 Å². The molecule has 0 aromatic carbocycles. The van der Waals surface area contributed by atoms with E-state index < -0.39 is 54.4 Å². The quantitative estimate of drug-likeness (QED) is 0.389. The van der Waals surface area contributed by atoms with Crippen LogP contribution in [0.25, 0.3) is 0 Å². The van der Waals surface area contributed by atoms with Gasteiger partial charge in [0.2, 0.25) is 20.0 Å². The smallest absolute Gasteiger partial charge is 0.214 e. The van der Waals surface area contributed by atoms with Crippen LogP contribution in [-0.4, -0.2) is 57.5 Å². The molecule has 6 N–H and O–H groups in total. The molecule has 0 bridgehead atoms. The molecule has 0 radical (unpaired) electrons. The summed E-state index contributed by atoms with van der Waals surface area (Å²) in [6, 6.07) is 0. The molecule has 0 aliphatic heterocycles. The topological polar surface area (TPSA) is 212 Å². The summed E-state index contributed by atoms with van der Waals surface area (Å²) in [5, 5.41) is 26.2. The third-order valence-electron chi connectivity index (χ3n) is 3.74. The van der Waals surface area contributed by atoms with E-state index in [1.165, 1.54) is 13.8 Å². The number of hydrogen-bond donors (Lipinski definition) is 4. The molecule has 16 heteroatoms. The second-order valence-corrected chi connectivity index (χ2v) is 9.84. The van der Waals surface area contributed by atoms with E-state index >= 15 is 0 Å². The summed E-state index contributed by atoms with van der Waals surface area (Å²) in [6.07, 6.45) is 0.396. The highest BCUT2D eigenvalue weighted by Crippen LogP contribution is 2.17. The lowest BCUT2D eigenvalue weighted by atomic mass is 10.2. The molecule has 2 aromatic rings. The number of aromatic nitrogens is 4. The first-order valence-corrected chi connectivity index (χ1v) is 11.2. The van der Waals surface area contributed by atoms with Crippen LogP contribution in [0.15, 0.2) is 24.8 Å². The number of aliphatic hydroxyl groups excluding tert-OH is 2. The molecular weight excluding hydrogens is 450 g/mol. The molecular formula is C14H20F2N6O6S2. The minimum absolute atomic E-state index is 0.182. The standard InChI is InChI=1S/2C7H10FN3O3S/c2*1-4(15(9,13)14)6(12)7-10-2-5(8)3-11-7/h2*2-4,6,12H,1H3,(H2,9,13,14)/t2*4-,6-/m10/s1. The second-order valence-electron chi connectivity index (χ2n) is 6.00. The summed E-state index contributed by atoms with van der Waals surface area (Å²) >= 11 is 0. The number of rotatable bonds is 6. The second kappa shape index (κ2) is 10.2. The fourth-order valence-corrected chi connectivity index (χ4v) is 2.69. The van der Waals surface area contributed by atoms with Gasteiger partial charge < -0.3 is 10.2 Å². The molecule has 0 amide bonds. The maximum Gasteiger partial charge on any atom is 0.214 e. The normalized spacial score (nSPS) is 16.0. The van der Waals surface area contributed by atoms with Crippen LogP contribution < -0.4 is 10.3 Å². The predicted molar refractivity (Wildman–Crippen MR) is 99.0 cm³/mol. The molecule has 2 heterocycles. The van der Waals surface area contributed by atoms with Gasteiger partial charge in [0, 0.05) is 0 Å². The van der Waals surface area contributed by atoms with Gasteiger partial charge in [0.05, 0.1) is 24.8 Å². The number of nitrogens with two attached hydrogens (primary N) is 2. The number of sulfonamides is 2. The summed E-state index contributed by atoms with van der Waals surface area (Å²) in [5.74, 6) is -1.71. The lowest BCUT2D eigenvalue weighted by Crippen LogP contribution is -2.32. The predicted octanol–water partition coefficient (Wildman–Crippen LogP) is -1.35. The molecule has 2 aromatic heterocycles. The Morgan fingerprint density at radius 1 is 0.733 bits per heavy atom. The number of nitrogens with zero attached hydrogens (tertiary/aromatic N) is 4. The zero-order chi connectivity index (χ0) is 23.3. The van der Waals surface area contributed by atoms with E-state index in [2.05, 4.69) is 19.9 Å². The van der Waals surface area contributed by atoms with Crippen molar-refractivity contribution >= 4 is 20.0 Å². The summed E-state index contributed by atoms with van der Waals surface area (Å²) in [5.41, 5.74) is 0. The van der Waals surface area contributed by atoms with Gasteiger partial charge in [-0.1, -0.05) is 0 Å². The van der Waals surface area contributed by atoms with Crippen LogP contribution in [0.4, 0.5) is 8.78 Å². The molecule has 0 spiro atoms. The minimum atomic E-state index is -3.88. The fourth-order valence-electron chi connectivity index (χ4n) is 1.73. The molecule has 168 valence electrons. The molecule has 0 unspecified atom stereocenters. The van der Waals surface area contributed by atoms with Gasteiger partial charge in [-0.2, -0.15) is 0 Å². The summed E-state index contributed by atoms with van der Waals surface area (Å²) < 4.78 is 68.5. The first-order valence-electron chi connectivity index (χ1n) is 7.98. The lowest BCUT2D eigenvalue weighted by molar-refractivity contribution is 0.165. The van der Waals surface area contributed by atoms with Crippen molar-refractivity contribution in [2.75, 3.05) is 0 Å². The van der Waals surface area contributed by atoms with Crippen LogP contribution in [-0.2, 0) is 20.0 Å². The Morgan fingerprint density at radius 3 is 1.17 bits per heavy atom. The molecule has 0 fully saturated rings. The van der Waals surface area contributed by atoms with Gasteiger partial charge in [0.1, 0.15) is 22.7 Å². The van der Waals surface area contributed by atoms with Crippen molar-refractivity contribution < 1.29 is 35.8 Å². The highest BCUT2D eigenvalue weighted by Gasteiger charge is 2.29. The summed E-state index contributed by atoms with van der Waals surface area (Å²) in [4.78, 5) is 13.8. The Hall–Kier alpha value is -2.24. The van der Waals surface area contributed by atoms with Crippen molar-refractivity contribution in [2.24, 2.45) is 10.3 Å². The zero-order valence-electron chi connectivity index (χ0n) is 15.7. The third kappa shape index (κ3) is 7.54. The van der Waals surface area contributed by atoms with Crippen molar-refractivity contribution in [3.05, 3.63) is 48.1 Å². The number of hydrogen-bond acceptors (Lipinski definition) is 10. The van der Waals surface area contributed by atoms with E-state index in [0.29, 0.717) is 0 Å². The van der Waals surface area contributed by atoms with E-state index in [-0.39, 0.29) is 11.6 Å². The highest BCUT2D eigenvalue weighted by atomic mass is 32.2. The Balaban J connectivity index is 0.000000300. The summed E-state index contributed by atoms with van der Waals surface area (Å²) in [7, 11) is -7.77. The molecule has 0 aliphatic rings. The largest absolute Gasteiger partial charge is 0.384 e. The maximum atomic E-state index is 12.4. The average molecular weight is 470 g/mol. The fraction of sp³-hybridized carbons (Fsp3) is 0.429. The Morgan fingerprint density at radius 2 is 0.967 bits per heavy atom. The molecule has 2 rings (SSSR count). The van der Waals surface area contributed by atoms with Gasteiger partial charge in [0.15, 0.2) is 23.3 Å². The van der Waals surface area contributed by atoms with Crippen LogP contribution in [0.5, 0.6) is 0 Å². The maximum absolute atomic E-state index is 12.4. The van der Waals surface area contributed by atoms with E-state index in [4.69, 9.17) is 10.3 Å². The van der Waals surface area contributed by atoms with Crippen LogP contribution in [0.3, 0.4) is 0 Å². The van der Waals surface area contributed by atoms with Gasteiger partial charge >= 0.3 is 0 Å². The number of halogens is 2. The van der Waals surface area contributed by atoms with Gasteiger partial charge in [-0.25, -0.2) is 55.8 Å². The van der Waals surface area contributed by atoms with Crippen molar-refractivity contribution in [3.8, 4) is 0 Å². The Bertz CT molecular complexity index is 952. The van der Waals surface area contributed by atoms with Crippen LogP contribution in [0, 0.1) is 11.6 Å². The van der Waals surface area contributed by atoms with Crippen molar-refractivity contribution in [3.63, 3.8) is 0 Å². The van der Waals surface area contributed by atoms with E-state index in [9.17, 15) is 35.8 Å². The minimum Gasteiger partial charge on any atom is -0.384 e. The van der Waals surface area contributed by atoms with Crippen molar-refractivity contribution in [1.29, 1.82) is 0 Å². The molecule has 12 nitrogen and oxygen atoms in total. The van der Waals surface area contributed by atoms with Gasteiger partial charge in [-0.15, -0.1) is 0 Å². The monoisotopic (exact) mass is 470 g/mol. The molecule has 0 aliphatic carbocycles. The van der Waals surface area contributed by atoms with E-state index in [1.807, 2.05) is 0 Å². The zero-order valence-corrected chi connectivity index (χ0v) is 17.3. The highest BCUT2D eigenvalue weighted by molar-refractivity contribution is 7.90. The van der Waals surface area contributed by atoms with Gasteiger partial charge in [-0.05, 0) is 13.8 Å². The van der Waals surface area contributed by atoms with Crippen LogP contribution in [0.2, 0.25) is 0 Å². The first kappa shape index (κ1) is 25.8. The SMILES string of the molecule is C[C@@H]([C@H](O)c1ncc(F)cn1)S(N)(=O)=O.C[C@H]([C@@H](O)c1ncc(F)cn1)S(N)(=O)=O. The van der Waals surface area contributed by atoms with E-state index in [0.717, 1.165) is 24.8 Å². The van der Waals surface area contributed by atoms with Crippen LogP contribution >= 0.6 is 0 Å². The van der Waals surface area contributed by atoms with Crippen molar-refractivity contribution in [1.82, 2.24) is 19.9 Å². The van der Waals surface area contributed by atoms with Gasteiger partial charge in [-0.3, -0.25) is 0 Å². The average Bonchev–Trinajstić information content (AvgIpc) is 2.66. The lowest BCUT2D eigenvalue weighted by Gasteiger charge is -2.14. The molecule has 4 atom stereocenters. The Kier molecular flexibility index (Phi) is 8.76. The summed E-state index contributed by atoms with van der Waals surface area (Å²) in [6.45, 7) is 2.43. The molecule has 0 saturated carbocycles. The number of primary sulfonamides is 2. The van der Waals surface area contributed by atoms with Crippen molar-refractivity contribution in [2.45, 2.75) is 36.6 Å². The molecule has 0 saturated heterocycles. The van der Waals surface area contributed by atoms with Crippen LogP contribution in [0.1, 0.15) is 37.7 Å². The van der Waals surface area contributed by atoms with E-state index in [1.54, 1.807) is 0 Å². The number of aliphatic hydroxyl groups is 2. The molecule has 30 heavy (non-hydrogen) atoms. The third-order valence-corrected chi connectivity index (χ3v) is 6.32. The first-order chi connectivity index (χ1) is 13.6. The Labute approximate surface area is 171 Å².